The summed E-state index contributed by atoms with van der Waals surface area (Å²) in [4.78, 5) is 16.2. The highest BCUT2D eigenvalue weighted by Crippen LogP contribution is 2.21. The molecule has 2 aliphatic rings. The van der Waals surface area contributed by atoms with Gasteiger partial charge in [-0.05, 0) is 25.1 Å². The standard InChI is InChI=1S/C18H20N4O/c1-13-18-17(19-6-7-20-18)12-16(21-13)14-2-4-15(5-3-14)22-8-10-23-11-9-22/h2-5,12H,6-11H2,1H3. The molecule has 118 valence electrons. The molecule has 0 N–H and O–H groups in total. The summed E-state index contributed by atoms with van der Waals surface area (Å²) in [5.74, 6) is 0. The van der Waals surface area contributed by atoms with Crippen LogP contribution in [0.3, 0.4) is 0 Å². The molecule has 0 bridgehead atoms. The zero-order chi connectivity index (χ0) is 15.6. The van der Waals surface area contributed by atoms with Crippen LogP contribution in [0.25, 0.3) is 11.3 Å². The molecule has 2 aliphatic heterocycles. The highest BCUT2D eigenvalue weighted by molar-refractivity contribution is 5.63. The molecule has 3 heterocycles. The molecule has 5 heteroatoms. The molecule has 1 saturated heterocycles. The topological polar surface area (TPSA) is 50.1 Å². The first kappa shape index (κ1) is 14.3. The lowest BCUT2D eigenvalue weighted by atomic mass is 10.1. The third kappa shape index (κ3) is 2.84. The van der Waals surface area contributed by atoms with E-state index in [1.54, 1.807) is 0 Å². The normalized spacial score (nSPS) is 17.2. The van der Waals surface area contributed by atoms with Crippen LogP contribution in [0.4, 0.5) is 5.69 Å². The van der Waals surface area contributed by atoms with Crippen LogP contribution in [0.15, 0.2) is 40.3 Å². The van der Waals surface area contributed by atoms with Gasteiger partial charge in [-0.1, -0.05) is 12.1 Å². The first-order valence-corrected chi connectivity index (χ1v) is 8.11. The van der Waals surface area contributed by atoms with Gasteiger partial charge < -0.3 is 9.64 Å². The molecule has 0 unspecified atom stereocenters. The minimum atomic E-state index is 0.767. The van der Waals surface area contributed by atoms with E-state index in [9.17, 15) is 0 Å². The van der Waals surface area contributed by atoms with E-state index in [-0.39, 0.29) is 0 Å². The van der Waals surface area contributed by atoms with Gasteiger partial charge in [0.25, 0.3) is 0 Å². The third-order valence-corrected chi connectivity index (χ3v) is 4.34. The predicted molar refractivity (Wildman–Crippen MR) is 89.5 cm³/mol. The van der Waals surface area contributed by atoms with Gasteiger partial charge in [-0.3, -0.25) is 15.0 Å². The molecule has 1 fully saturated rings. The molecule has 0 saturated carbocycles. The summed E-state index contributed by atoms with van der Waals surface area (Å²) in [5, 5.41) is 1.92. The Morgan fingerprint density at radius 1 is 1.00 bits per heavy atom. The van der Waals surface area contributed by atoms with Crippen LogP contribution in [0, 0.1) is 6.92 Å². The molecule has 5 nitrogen and oxygen atoms in total. The van der Waals surface area contributed by atoms with Crippen LogP contribution in [0.1, 0.15) is 5.69 Å². The molecule has 0 spiro atoms. The van der Waals surface area contributed by atoms with Crippen molar-refractivity contribution in [1.82, 2.24) is 4.98 Å². The second kappa shape index (κ2) is 6.08. The maximum absolute atomic E-state index is 5.41. The van der Waals surface area contributed by atoms with Gasteiger partial charge in [0.15, 0.2) is 0 Å². The van der Waals surface area contributed by atoms with Gasteiger partial charge >= 0.3 is 0 Å². The fraction of sp³-hybridized carbons (Fsp3) is 0.389. The van der Waals surface area contributed by atoms with Crippen molar-refractivity contribution in [3.8, 4) is 11.3 Å². The number of fused-ring (bicyclic) bond motifs is 1. The van der Waals surface area contributed by atoms with Crippen LogP contribution in [-0.2, 0) is 4.74 Å². The molecule has 4 rings (SSSR count). The van der Waals surface area contributed by atoms with Crippen LogP contribution < -0.4 is 15.6 Å². The second-order valence-corrected chi connectivity index (χ2v) is 5.87. The lowest BCUT2D eigenvalue weighted by Gasteiger charge is -2.28. The Bertz CT molecular complexity index is 823. The van der Waals surface area contributed by atoms with Crippen molar-refractivity contribution in [3.05, 3.63) is 46.7 Å². The quantitative estimate of drug-likeness (QED) is 0.836. The molecular weight excluding hydrogens is 288 g/mol. The van der Waals surface area contributed by atoms with Gasteiger partial charge in [0.2, 0.25) is 0 Å². The largest absolute Gasteiger partial charge is 0.378 e. The van der Waals surface area contributed by atoms with E-state index in [0.717, 1.165) is 67.1 Å². The predicted octanol–water partition coefficient (Wildman–Crippen LogP) is 1.15. The van der Waals surface area contributed by atoms with Crippen molar-refractivity contribution in [2.24, 2.45) is 9.98 Å². The first-order chi connectivity index (χ1) is 11.3. The Labute approximate surface area is 135 Å². The van der Waals surface area contributed by atoms with E-state index >= 15 is 0 Å². The van der Waals surface area contributed by atoms with E-state index < -0.39 is 0 Å². The summed E-state index contributed by atoms with van der Waals surface area (Å²) in [7, 11) is 0. The molecule has 2 aromatic rings. The van der Waals surface area contributed by atoms with Gasteiger partial charge in [0, 0.05) is 24.3 Å². The van der Waals surface area contributed by atoms with Crippen molar-refractivity contribution in [2.45, 2.75) is 6.92 Å². The monoisotopic (exact) mass is 308 g/mol. The van der Waals surface area contributed by atoms with Crippen molar-refractivity contribution < 1.29 is 4.74 Å². The van der Waals surface area contributed by atoms with Crippen LogP contribution in [-0.4, -0.2) is 44.4 Å². The first-order valence-electron chi connectivity index (χ1n) is 8.11. The number of morpholine rings is 1. The number of nitrogens with zero attached hydrogens (tertiary/aromatic N) is 4. The molecule has 0 radical (unpaired) electrons. The van der Waals surface area contributed by atoms with Gasteiger partial charge in [-0.25, -0.2) is 0 Å². The molecule has 0 amide bonds. The van der Waals surface area contributed by atoms with E-state index in [0.29, 0.717) is 0 Å². The van der Waals surface area contributed by atoms with Gasteiger partial charge in [0.1, 0.15) is 5.36 Å². The van der Waals surface area contributed by atoms with Crippen LogP contribution in [0.5, 0.6) is 0 Å². The lowest BCUT2D eigenvalue weighted by Crippen LogP contribution is -2.36. The average molecular weight is 308 g/mol. The summed E-state index contributed by atoms with van der Waals surface area (Å²) in [6.45, 7) is 7.06. The minimum absolute atomic E-state index is 0.767. The molecule has 0 atom stereocenters. The van der Waals surface area contributed by atoms with E-state index in [2.05, 4.69) is 45.2 Å². The molecule has 0 aliphatic carbocycles. The fourth-order valence-electron chi connectivity index (χ4n) is 3.11. The molecule has 1 aromatic heterocycles. The van der Waals surface area contributed by atoms with E-state index in [1.807, 2.05) is 6.92 Å². The zero-order valence-electron chi connectivity index (χ0n) is 13.3. The summed E-state index contributed by atoms with van der Waals surface area (Å²) < 4.78 is 5.41. The third-order valence-electron chi connectivity index (χ3n) is 4.34. The summed E-state index contributed by atoms with van der Waals surface area (Å²) in [5.41, 5.74) is 4.29. The van der Waals surface area contributed by atoms with E-state index in [4.69, 9.17) is 9.72 Å². The van der Waals surface area contributed by atoms with Gasteiger partial charge in [0.05, 0.1) is 43.0 Å². The van der Waals surface area contributed by atoms with Crippen LogP contribution in [0.2, 0.25) is 0 Å². The number of ether oxygens (including phenoxy) is 1. The van der Waals surface area contributed by atoms with Crippen molar-refractivity contribution in [3.63, 3.8) is 0 Å². The summed E-state index contributed by atoms with van der Waals surface area (Å²) in [6.07, 6.45) is 0. The number of benzene rings is 1. The Balaban J connectivity index is 1.67. The number of hydrogen-bond acceptors (Lipinski definition) is 5. The maximum Gasteiger partial charge on any atom is 0.104 e. The lowest BCUT2D eigenvalue weighted by molar-refractivity contribution is 0.122. The minimum Gasteiger partial charge on any atom is -0.378 e. The number of rotatable bonds is 2. The van der Waals surface area contributed by atoms with Gasteiger partial charge in [-0.15, -0.1) is 0 Å². The number of aryl methyl sites for hydroxylation is 1. The summed E-state index contributed by atoms with van der Waals surface area (Å²) in [6, 6.07) is 10.7. The van der Waals surface area contributed by atoms with E-state index in [1.165, 1.54) is 5.69 Å². The SMILES string of the molecule is Cc1nc(-c2ccc(N3CCOCC3)cc2)cc2c1=NCCN=2. The number of hydrogen-bond donors (Lipinski definition) is 0. The Hall–Kier alpha value is -2.27. The maximum atomic E-state index is 5.41. The molecular formula is C18H20N4O. The molecule has 23 heavy (non-hydrogen) atoms. The van der Waals surface area contributed by atoms with Crippen molar-refractivity contribution in [1.29, 1.82) is 0 Å². The number of pyridine rings is 1. The smallest absolute Gasteiger partial charge is 0.104 e. The van der Waals surface area contributed by atoms with Gasteiger partial charge in [-0.2, -0.15) is 0 Å². The average Bonchev–Trinajstić information content (AvgIpc) is 2.63. The highest BCUT2D eigenvalue weighted by Gasteiger charge is 2.12. The van der Waals surface area contributed by atoms with Crippen LogP contribution >= 0.6 is 0 Å². The summed E-state index contributed by atoms with van der Waals surface area (Å²) >= 11 is 0. The Kier molecular flexibility index (Phi) is 3.79. The Morgan fingerprint density at radius 3 is 2.52 bits per heavy atom. The number of aromatic nitrogens is 1. The second-order valence-electron chi connectivity index (χ2n) is 5.87. The fourth-order valence-corrected chi connectivity index (χ4v) is 3.11. The Morgan fingerprint density at radius 2 is 1.74 bits per heavy atom. The van der Waals surface area contributed by atoms with Crippen molar-refractivity contribution in [2.75, 3.05) is 44.3 Å². The molecule has 1 aromatic carbocycles. The zero-order valence-corrected chi connectivity index (χ0v) is 13.3. The highest BCUT2D eigenvalue weighted by atomic mass is 16.5. The number of anilines is 1. The van der Waals surface area contributed by atoms with Crippen molar-refractivity contribution >= 4 is 5.69 Å².